The van der Waals surface area contributed by atoms with E-state index >= 15 is 4.39 Å². The standard InChI is InChI=1S/C20H17FN8/c1-2-22-6-11-5-12(8-24-7-11)18-17(21)16-15(10-25-18)28-29-19(16)20-26-13-3-4-23-9-14(13)27-20/h3-5,7-10,22H,2,6H2,1H3,(H,26,27)(H,28,29). The number of rotatable bonds is 5. The molecule has 0 aliphatic heterocycles. The van der Waals surface area contributed by atoms with Crippen LogP contribution in [0.15, 0.2) is 43.1 Å². The Morgan fingerprint density at radius 2 is 2.00 bits per heavy atom. The monoisotopic (exact) mass is 388 g/mol. The molecule has 0 aliphatic rings. The first kappa shape index (κ1) is 17.4. The summed E-state index contributed by atoms with van der Waals surface area (Å²) in [4.78, 5) is 20.3. The Hall–Kier alpha value is -3.72. The van der Waals surface area contributed by atoms with Gasteiger partial charge in [0, 0.05) is 30.7 Å². The molecule has 0 aromatic carbocycles. The number of fused-ring (bicyclic) bond motifs is 2. The number of halogens is 1. The van der Waals surface area contributed by atoms with Gasteiger partial charge in [-0.2, -0.15) is 5.10 Å². The van der Waals surface area contributed by atoms with E-state index in [2.05, 4.69) is 40.4 Å². The number of nitrogens with one attached hydrogen (secondary N) is 3. The summed E-state index contributed by atoms with van der Waals surface area (Å²) < 4.78 is 15.6. The van der Waals surface area contributed by atoms with Crippen molar-refractivity contribution in [1.82, 2.24) is 40.4 Å². The Bertz CT molecular complexity index is 1290. The van der Waals surface area contributed by atoms with Gasteiger partial charge >= 0.3 is 0 Å². The lowest BCUT2D eigenvalue weighted by atomic mass is 10.1. The fourth-order valence-electron chi connectivity index (χ4n) is 3.30. The summed E-state index contributed by atoms with van der Waals surface area (Å²) in [5, 5.41) is 10.7. The number of aromatic nitrogens is 7. The Morgan fingerprint density at radius 1 is 1.07 bits per heavy atom. The molecule has 5 aromatic heterocycles. The molecule has 8 nitrogen and oxygen atoms in total. The van der Waals surface area contributed by atoms with Crippen LogP contribution in [-0.4, -0.2) is 41.7 Å². The number of hydrogen-bond acceptors (Lipinski definition) is 6. The molecule has 29 heavy (non-hydrogen) atoms. The van der Waals surface area contributed by atoms with Crippen LogP contribution in [-0.2, 0) is 6.54 Å². The van der Waals surface area contributed by atoms with E-state index in [0.717, 1.165) is 23.1 Å². The summed E-state index contributed by atoms with van der Waals surface area (Å²) in [7, 11) is 0. The van der Waals surface area contributed by atoms with E-state index in [1.54, 1.807) is 37.1 Å². The second-order valence-corrected chi connectivity index (χ2v) is 6.62. The van der Waals surface area contributed by atoms with Crippen LogP contribution < -0.4 is 5.32 Å². The van der Waals surface area contributed by atoms with Crippen molar-refractivity contribution in [3.63, 3.8) is 0 Å². The second kappa shape index (κ2) is 7.02. The molecule has 0 spiro atoms. The van der Waals surface area contributed by atoms with Gasteiger partial charge in [0.2, 0.25) is 0 Å². The van der Waals surface area contributed by atoms with Gasteiger partial charge in [0.25, 0.3) is 0 Å². The zero-order chi connectivity index (χ0) is 19.8. The molecule has 0 bridgehead atoms. The molecule has 0 fully saturated rings. The average Bonchev–Trinajstić information content (AvgIpc) is 3.37. The Balaban J connectivity index is 1.64. The van der Waals surface area contributed by atoms with Crippen molar-refractivity contribution in [3.8, 4) is 22.8 Å². The SMILES string of the molecule is CCNCc1cncc(-c2ncc3[nH]nc(-c4nc5ccncc5[nH]4)c3c2F)c1. The molecule has 0 amide bonds. The van der Waals surface area contributed by atoms with Crippen molar-refractivity contribution in [3.05, 3.63) is 54.5 Å². The third-order valence-electron chi connectivity index (χ3n) is 4.70. The van der Waals surface area contributed by atoms with Crippen molar-refractivity contribution in [2.45, 2.75) is 13.5 Å². The van der Waals surface area contributed by atoms with Crippen LogP contribution in [0.25, 0.3) is 44.7 Å². The van der Waals surface area contributed by atoms with E-state index < -0.39 is 5.82 Å². The maximum atomic E-state index is 15.6. The third kappa shape index (κ3) is 3.01. The number of pyridine rings is 3. The second-order valence-electron chi connectivity index (χ2n) is 6.62. The molecule has 9 heteroatoms. The molecule has 144 valence electrons. The lowest BCUT2D eigenvalue weighted by Crippen LogP contribution is -2.11. The van der Waals surface area contributed by atoms with Crippen LogP contribution in [0.1, 0.15) is 12.5 Å². The highest BCUT2D eigenvalue weighted by Gasteiger charge is 2.20. The summed E-state index contributed by atoms with van der Waals surface area (Å²) in [6.45, 7) is 3.53. The van der Waals surface area contributed by atoms with Gasteiger partial charge in [-0.3, -0.25) is 20.1 Å². The number of H-pyrrole nitrogens is 2. The predicted molar refractivity (Wildman–Crippen MR) is 107 cm³/mol. The fraction of sp³-hybridized carbons (Fsp3) is 0.150. The van der Waals surface area contributed by atoms with Gasteiger partial charge in [-0.25, -0.2) is 9.37 Å². The Labute approximate surface area is 164 Å². The fourth-order valence-corrected chi connectivity index (χ4v) is 3.30. The van der Waals surface area contributed by atoms with E-state index in [4.69, 9.17) is 0 Å². The lowest BCUT2D eigenvalue weighted by Gasteiger charge is -2.07. The highest BCUT2D eigenvalue weighted by Crippen LogP contribution is 2.32. The number of aromatic amines is 2. The maximum absolute atomic E-state index is 15.6. The van der Waals surface area contributed by atoms with Crippen molar-refractivity contribution in [2.75, 3.05) is 6.54 Å². The molecule has 5 heterocycles. The minimum Gasteiger partial charge on any atom is -0.335 e. The quantitative estimate of drug-likeness (QED) is 0.427. The van der Waals surface area contributed by atoms with E-state index in [1.165, 1.54) is 0 Å². The molecule has 0 saturated heterocycles. The Morgan fingerprint density at radius 3 is 2.86 bits per heavy atom. The van der Waals surface area contributed by atoms with Crippen molar-refractivity contribution in [2.24, 2.45) is 0 Å². The minimum absolute atomic E-state index is 0.226. The van der Waals surface area contributed by atoms with Gasteiger partial charge in [0.1, 0.15) is 11.4 Å². The number of nitrogens with zero attached hydrogens (tertiary/aromatic N) is 5. The van der Waals surface area contributed by atoms with Crippen molar-refractivity contribution >= 4 is 21.9 Å². The molecule has 0 saturated carbocycles. The summed E-state index contributed by atoms with van der Waals surface area (Å²) in [6, 6.07) is 3.68. The van der Waals surface area contributed by atoms with Crippen LogP contribution in [0.2, 0.25) is 0 Å². The molecule has 0 radical (unpaired) electrons. The molecule has 0 aliphatic carbocycles. The third-order valence-corrected chi connectivity index (χ3v) is 4.70. The molecule has 0 unspecified atom stereocenters. The molecule has 5 aromatic rings. The molecular formula is C20H17FN8. The molecule has 0 atom stereocenters. The van der Waals surface area contributed by atoms with E-state index in [-0.39, 0.29) is 5.69 Å². The molecular weight excluding hydrogens is 371 g/mol. The van der Waals surface area contributed by atoms with Gasteiger partial charge in [-0.15, -0.1) is 0 Å². The van der Waals surface area contributed by atoms with E-state index in [0.29, 0.717) is 34.5 Å². The highest BCUT2D eigenvalue weighted by molar-refractivity contribution is 5.95. The first-order chi connectivity index (χ1) is 14.2. The maximum Gasteiger partial charge on any atom is 0.161 e. The van der Waals surface area contributed by atoms with Crippen LogP contribution in [0.4, 0.5) is 4.39 Å². The van der Waals surface area contributed by atoms with Crippen molar-refractivity contribution in [1.29, 1.82) is 0 Å². The summed E-state index contributed by atoms with van der Waals surface area (Å²) in [5.41, 5.74) is 4.19. The predicted octanol–water partition coefficient (Wildman–Crippen LogP) is 3.21. The van der Waals surface area contributed by atoms with Crippen LogP contribution >= 0.6 is 0 Å². The summed E-state index contributed by atoms with van der Waals surface area (Å²) in [6.07, 6.45) is 8.27. The zero-order valence-corrected chi connectivity index (χ0v) is 15.6. The average molecular weight is 388 g/mol. The lowest BCUT2D eigenvalue weighted by molar-refractivity contribution is 0.638. The van der Waals surface area contributed by atoms with Gasteiger partial charge in [0.15, 0.2) is 11.6 Å². The van der Waals surface area contributed by atoms with Gasteiger partial charge in [-0.05, 0) is 24.2 Å². The van der Waals surface area contributed by atoms with E-state index in [9.17, 15) is 0 Å². The van der Waals surface area contributed by atoms with Crippen LogP contribution in [0, 0.1) is 5.82 Å². The molecule has 5 rings (SSSR count). The van der Waals surface area contributed by atoms with Gasteiger partial charge in [0.05, 0.1) is 34.3 Å². The largest absolute Gasteiger partial charge is 0.335 e. The topological polar surface area (TPSA) is 108 Å². The summed E-state index contributed by atoms with van der Waals surface area (Å²) >= 11 is 0. The van der Waals surface area contributed by atoms with Crippen molar-refractivity contribution < 1.29 is 4.39 Å². The highest BCUT2D eigenvalue weighted by atomic mass is 19.1. The van der Waals surface area contributed by atoms with Gasteiger partial charge < -0.3 is 10.3 Å². The number of imidazole rings is 1. The van der Waals surface area contributed by atoms with E-state index in [1.807, 2.05) is 13.0 Å². The summed E-state index contributed by atoms with van der Waals surface area (Å²) in [5.74, 6) is 0.00144. The zero-order valence-electron chi connectivity index (χ0n) is 15.6. The first-order valence-corrected chi connectivity index (χ1v) is 9.22. The normalized spacial score (nSPS) is 11.5. The first-order valence-electron chi connectivity index (χ1n) is 9.22. The van der Waals surface area contributed by atoms with Crippen LogP contribution in [0.3, 0.4) is 0 Å². The van der Waals surface area contributed by atoms with Gasteiger partial charge in [-0.1, -0.05) is 6.92 Å². The molecule has 3 N–H and O–H groups in total. The minimum atomic E-state index is -0.466. The Kier molecular flexibility index (Phi) is 4.21. The number of hydrogen-bond donors (Lipinski definition) is 3. The van der Waals surface area contributed by atoms with Crippen LogP contribution in [0.5, 0.6) is 0 Å². The smallest absolute Gasteiger partial charge is 0.161 e.